The number of aryl methyl sites for hydroxylation is 1. The zero-order valence-corrected chi connectivity index (χ0v) is 14.1. The molecule has 2 nitrogen and oxygen atoms in total. The van der Waals surface area contributed by atoms with E-state index in [2.05, 4.69) is 42.2 Å². The fraction of sp³-hybridized carbons (Fsp3) is 0.214. The molecule has 1 heterocycles. The van der Waals surface area contributed by atoms with Crippen molar-refractivity contribution in [3.8, 4) is 0 Å². The maximum Gasteiger partial charge on any atom is 0.416 e. The molecule has 7 heteroatoms. The van der Waals surface area contributed by atoms with Gasteiger partial charge in [-0.2, -0.15) is 13.2 Å². The van der Waals surface area contributed by atoms with Crippen molar-refractivity contribution >= 4 is 37.5 Å². The molecular weight excluding hydrogens is 413 g/mol. The van der Waals surface area contributed by atoms with E-state index >= 15 is 0 Å². The molecule has 0 radical (unpaired) electrons. The van der Waals surface area contributed by atoms with Gasteiger partial charge in [-0.15, -0.1) is 0 Å². The number of rotatable bonds is 3. The molecule has 0 bridgehead atoms. The van der Waals surface area contributed by atoms with Gasteiger partial charge in [0.25, 0.3) is 0 Å². The van der Waals surface area contributed by atoms with Gasteiger partial charge in [0, 0.05) is 20.8 Å². The van der Waals surface area contributed by atoms with Crippen LogP contribution in [-0.2, 0) is 12.7 Å². The number of nitrogens with zero attached hydrogens (tertiary/aromatic N) is 1. The lowest BCUT2D eigenvalue weighted by Gasteiger charge is -2.13. The van der Waals surface area contributed by atoms with Gasteiger partial charge in [0.2, 0.25) is 0 Å². The molecule has 2 aromatic rings. The lowest BCUT2D eigenvalue weighted by molar-refractivity contribution is -0.138. The van der Waals surface area contributed by atoms with Crippen LogP contribution in [-0.4, -0.2) is 4.98 Å². The zero-order chi connectivity index (χ0) is 15.6. The van der Waals surface area contributed by atoms with Crippen molar-refractivity contribution in [2.24, 2.45) is 0 Å². The predicted octanol–water partition coefficient (Wildman–Crippen LogP) is 5.55. The Kier molecular flexibility index (Phi) is 4.93. The molecule has 1 aromatic heterocycles. The molecule has 112 valence electrons. The lowest BCUT2D eigenvalue weighted by Crippen LogP contribution is -2.09. The topological polar surface area (TPSA) is 24.9 Å². The fourth-order valence-electron chi connectivity index (χ4n) is 1.80. The number of benzene rings is 1. The second kappa shape index (κ2) is 6.36. The third-order valence-corrected chi connectivity index (χ3v) is 4.01. The number of hydrogen-bond donors (Lipinski definition) is 1. The number of halogens is 5. The molecule has 0 amide bonds. The standard InChI is InChI=1S/C14H11Br2F3N2/c1-8-2-3-10(5-11(8)14(17,18)19)20-7-13-12(16)4-9(15)6-21-13/h2-6,20H,7H2,1H3. The molecular formula is C14H11Br2F3N2. The Hall–Kier alpha value is -1.08. The molecule has 0 saturated carbocycles. The number of anilines is 1. The second-order valence-electron chi connectivity index (χ2n) is 4.46. The monoisotopic (exact) mass is 422 g/mol. The molecule has 0 atom stereocenters. The van der Waals surface area contributed by atoms with Crippen LogP contribution >= 0.6 is 31.9 Å². The molecule has 0 fully saturated rings. The average molecular weight is 424 g/mol. The maximum atomic E-state index is 12.8. The molecule has 0 saturated heterocycles. The Morgan fingerprint density at radius 3 is 2.52 bits per heavy atom. The Morgan fingerprint density at radius 2 is 1.90 bits per heavy atom. The highest BCUT2D eigenvalue weighted by atomic mass is 79.9. The smallest absolute Gasteiger partial charge is 0.379 e. The van der Waals surface area contributed by atoms with Crippen LogP contribution in [0.3, 0.4) is 0 Å². The molecule has 0 unspecified atom stereocenters. The van der Waals surface area contributed by atoms with Gasteiger partial charge in [-0.3, -0.25) is 4.98 Å². The molecule has 0 aliphatic heterocycles. The third-order valence-electron chi connectivity index (χ3n) is 2.89. The number of hydrogen-bond acceptors (Lipinski definition) is 2. The van der Waals surface area contributed by atoms with Gasteiger partial charge in [0.15, 0.2) is 0 Å². The van der Waals surface area contributed by atoms with Crippen LogP contribution < -0.4 is 5.32 Å². The highest BCUT2D eigenvalue weighted by molar-refractivity contribution is 9.11. The van der Waals surface area contributed by atoms with Crippen molar-refractivity contribution in [1.82, 2.24) is 4.98 Å². The third kappa shape index (κ3) is 4.20. The van der Waals surface area contributed by atoms with Crippen molar-refractivity contribution in [1.29, 1.82) is 0 Å². The molecule has 21 heavy (non-hydrogen) atoms. The molecule has 0 spiro atoms. The van der Waals surface area contributed by atoms with Crippen molar-refractivity contribution in [3.63, 3.8) is 0 Å². The summed E-state index contributed by atoms with van der Waals surface area (Å²) in [5.74, 6) is 0. The summed E-state index contributed by atoms with van der Waals surface area (Å²) in [6.07, 6.45) is -2.71. The minimum absolute atomic E-state index is 0.205. The minimum Gasteiger partial charge on any atom is -0.379 e. The van der Waals surface area contributed by atoms with Crippen LogP contribution in [0.2, 0.25) is 0 Å². The Balaban J connectivity index is 2.17. The first-order valence-corrected chi connectivity index (χ1v) is 7.57. The van der Waals surface area contributed by atoms with Crippen LogP contribution in [0.4, 0.5) is 18.9 Å². The summed E-state index contributed by atoms with van der Waals surface area (Å²) >= 11 is 6.66. The van der Waals surface area contributed by atoms with Gasteiger partial charge >= 0.3 is 6.18 Å². The summed E-state index contributed by atoms with van der Waals surface area (Å²) in [6.45, 7) is 1.77. The van der Waals surface area contributed by atoms with Crippen LogP contribution in [0, 0.1) is 6.92 Å². The van der Waals surface area contributed by atoms with Crippen LogP contribution in [0.5, 0.6) is 0 Å². The SMILES string of the molecule is Cc1ccc(NCc2ncc(Br)cc2Br)cc1C(F)(F)F. The van der Waals surface area contributed by atoms with Gasteiger partial charge in [0.1, 0.15) is 0 Å². The van der Waals surface area contributed by atoms with Crippen LogP contribution in [0.1, 0.15) is 16.8 Å². The van der Waals surface area contributed by atoms with Gasteiger partial charge in [-0.1, -0.05) is 6.07 Å². The largest absolute Gasteiger partial charge is 0.416 e. The van der Waals surface area contributed by atoms with Crippen molar-refractivity contribution < 1.29 is 13.2 Å². The summed E-state index contributed by atoms with van der Waals surface area (Å²) in [7, 11) is 0. The van der Waals surface area contributed by atoms with Crippen molar-refractivity contribution in [2.45, 2.75) is 19.6 Å². The van der Waals surface area contributed by atoms with E-state index in [1.165, 1.54) is 13.0 Å². The normalized spacial score (nSPS) is 11.5. The van der Waals surface area contributed by atoms with Crippen molar-refractivity contribution in [3.05, 3.63) is 56.2 Å². The average Bonchev–Trinajstić information content (AvgIpc) is 2.38. The van der Waals surface area contributed by atoms with E-state index in [9.17, 15) is 13.2 Å². The van der Waals surface area contributed by atoms with E-state index in [1.54, 1.807) is 12.3 Å². The summed E-state index contributed by atoms with van der Waals surface area (Å²) in [5.41, 5.74) is 0.697. The quantitative estimate of drug-likeness (QED) is 0.700. The number of alkyl halides is 3. The van der Waals surface area contributed by atoms with E-state index in [0.29, 0.717) is 17.9 Å². The summed E-state index contributed by atoms with van der Waals surface area (Å²) in [6, 6.07) is 6.02. The molecule has 1 aromatic carbocycles. The van der Waals surface area contributed by atoms with E-state index in [1.807, 2.05) is 6.07 Å². The summed E-state index contributed by atoms with van der Waals surface area (Å²) in [5, 5.41) is 2.95. The van der Waals surface area contributed by atoms with Crippen molar-refractivity contribution in [2.75, 3.05) is 5.32 Å². The molecule has 0 aliphatic carbocycles. The lowest BCUT2D eigenvalue weighted by atomic mass is 10.1. The zero-order valence-electron chi connectivity index (χ0n) is 10.9. The first-order chi connectivity index (χ1) is 9.77. The van der Waals surface area contributed by atoms with Gasteiger partial charge in [-0.05, 0) is 62.5 Å². The highest BCUT2D eigenvalue weighted by Crippen LogP contribution is 2.33. The summed E-state index contributed by atoms with van der Waals surface area (Å²) < 4.78 is 40.2. The first-order valence-electron chi connectivity index (χ1n) is 5.99. The molecule has 1 N–H and O–H groups in total. The van der Waals surface area contributed by atoms with E-state index in [4.69, 9.17) is 0 Å². The first kappa shape index (κ1) is 16.3. The molecule has 0 aliphatic rings. The second-order valence-corrected chi connectivity index (χ2v) is 6.23. The van der Waals surface area contributed by atoms with Crippen LogP contribution in [0.25, 0.3) is 0 Å². The fourth-order valence-corrected chi connectivity index (χ4v) is 2.92. The minimum atomic E-state index is -4.35. The van der Waals surface area contributed by atoms with Gasteiger partial charge < -0.3 is 5.32 Å². The highest BCUT2D eigenvalue weighted by Gasteiger charge is 2.32. The molecule has 2 rings (SSSR count). The maximum absolute atomic E-state index is 12.8. The van der Waals surface area contributed by atoms with E-state index < -0.39 is 11.7 Å². The number of pyridine rings is 1. The Morgan fingerprint density at radius 1 is 1.19 bits per heavy atom. The number of aromatic nitrogens is 1. The number of nitrogens with one attached hydrogen (secondary N) is 1. The Labute approximate surface area is 137 Å². The van der Waals surface area contributed by atoms with Gasteiger partial charge in [-0.25, -0.2) is 0 Å². The van der Waals surface area contributed by atoms with Crippen LogP contribution in [0.15, 0.2) is 39.4 Å². The predicted molar refractivity (Wildman–Crippen MR) is 83.1 cm³/mol. The Bertz CT molecular complexity index is 657. The van der Waals surface area contributed by atoms with Gasteiger partial charge in [0.05, 0.1) is 17.8 Å². The van der Waals surface area contributed by atoms with E-state index in [-0.39, 0.29) is 5.56 Å². The van der Waals surface area contributed by atoms with E-state index in [0.717, 1.165) is 15.0 Å². The summed E-state index contributed by atoms with van der Waals surface area (Å²) in [4.78, 5) is 4.20.